The monoisotopic (exact) mass is 492 g/mol. The smallest absolute Gasteiger partial charge is 0.259 e. The average Bonchev–Trinajstić information content (AvgIpc) is 3.20. The lowest BCUT2D eigenvalue weighted by Crippen LogP contribution is -2.66. The first-order chi connectivity index (χ1) is 17.4. The molecule has 0 bridgehead atoms. The second-order valence-corrected chi connectivity index (χ2v) is 10.0. The molecular weight excluding hydrogens is 470 g/mol. The SMILES string of the molecule is Cc1c(F)cc(-c2noc([C@H]3C[C@@H]3F)n2)cc1NC(=O)c1cnn2ccc(N3CC4(COC4)C3)cc12. The summed E-state index contributed by atoms with van der Waals surface area (Å²) in [6.07, 6.45) is 2.68. The highest BCUT2D eigenvalue weighted by Crippen LogP contribution is 2.43. The molecule has 1 saturated carbocycles. The van der Waals surface area contributed by atoms with Crippen molar-refractivity contribution in [1.29, 1.82) is 0 Å². The first-order valence-corrected chi connectivity index (χ1v) is 11.8. The number of hydrogen-bond donors (Lipinski definition) is 1. The highest BCUT2D eigenvalue weighted by molar-refractivity contribution is 6.09. The summed E-state index contributed by atoms with van der Waals surface area (Å²) >= 11 is 0. The van der Waals surface area contributed by atoms with E-state index in [1.807, 2.05) is 18.3 Å². The minimum Gasteiger partial charge on any atom is -0.380 e. The molecule has 1 aliphatic carbocycles. The number of aromatic nitrogens is 4. The second-order valence-electron chi connectivity index (χ2n) is 10.0. The van der Waals surface area contributed by atoms with Gasteiger partial charge in [-0.2, -0.15) is 10.1 Å². The van der Waals surface area contributed by atoms with Gasteiger partial charge in [0, 0.05) is 41.8 Å². The predicted octanol–water partition coefficient (Wildman–Crippen LogP) is 3.75. The molecular formula is C25H22F2N6O3. The van der Waals surface area contributed by atoms with Crippen molar-refractivity contribution in [2.75, 3.05) is 36.5 Å². The van der Waals surface area contributed by atoms with Crippen LogP contribution in [0, 0.1) is 18.2 Å². The number of alkyl halides is 1. The van der Waals surface area contributed by atoms with Gasteiger partial charge in [-0.3, -0.25) is 4.79 Å². The number of carbonyl (C=O) groups excluding carboxylic acids is 1. The fourth-order valence-electron chi connectivity index (χ4n) is 4.91. The summed E-state index contributed by atoms with van der Waals surface area (Å²) in [6, 6.07) is 6.77. The van der Waals surface area contributed by atoms with Crippen molar-refractivity contribution in [3.63, 3.8) is 0 Å². The van der Waals surface area contributed by atoms with Gasteiger partial charge in [0.2, 0.25) is 11.7 Å². The highest BCUT2D eigenvalue weighted by Gasteiger charge is 2.49. The molecule has 0 radical (unpaired) electrons. The summed E-state index contributed by atoms with van der Waals surface area (Å²) in [5.74, 6) is -1.00. The molecule has 0 unspecified atom stereocenters. The van der Waals surface area contributed by atoms with Gasteiger partial charge >= 0.3 is 0 Å². The van der Waals surface area contributed by atoms with Gasteiger partial charge in [-0.15, -0.1) is 0 Å². The van der Waals surface area contributed by atoms with E-state index in [1.165, 1.54) is 12.3 Å². The van der Waals surface area contributed by atoms with Gasteiger partial charge in [0.05, 0.1) is 41.8 Å². The topological polar surface area (TPSA) is 97.8 Å². The lowest BCUT2D eigenvalue weighted by molar-refractivity contribution is -0.127. The van der Waals surface area contributed by atoms with E-state index in [1.54, 1.807) is 17.5 Å². The number of nitrogens with zero attached hydrogens (tertiary/aromatic N) is 5. The third kappa shape index (κ3) is 3.37. The Labute approximate surface area is 204 Å². The van der Waals surface area contributed by atoms with Crippen LogP contribution in [0.25, 0.3) is 16.9 Å². The largest absolute Gasteiger partial charge is 0.380 e. The van der Waals surface area contributed by atoms with E-state index >= 15 is 0 Å². The Kier molecular flexibility index (Phi) is 4.50. The van der Waals surface area contributed by atoms with E-state index in [2.05, 4.69) is 25.5 Å². The lowest BCUT2D eigenvalue weighted by atomic mass is 9.78. The van der Waals surface area contributed by atoms with Gasteiger partial charge in [-0.25, -0.2) is 13.3 Å². The van der Waals surface area contributed by atoms with Crippen molar-refractivity contribution >= 4 is 22.8 Å². The van der Waals surface area contributed by atoms with Crippen molar-refractivity contribution in [3.05, 3.63) is 59.5 Å². The van der Waals surface area contributed by atoms with Crippen LogP contribution in [0.4, 0.5) is 20.2 Å². The molecule has 2 atom stereocenters. The number of halogens is 2. The molecule has 1 amide bonds. The number of hydrogen-bond acceptors (Lipinski definition) is 7. The van der Waals surface area contributed by atoms with Gasteiger partial charge in [-0.1, -0.05) is 5.16 Å². The number of anilines is 2. The maximum atomic E-state index is 14.8. The van der Waals surface area contributed by atoms with Crippen LogP contribution in [0.1, 0.15) is 34.2 Å². The molecule has 4 aromatic rings. The Morgan fingerprint density at radius 1 is 1.25 bits per heavy atom. The minimum atomic E-state index is -0.983. The Morgan fingerprint density at radius 3 is 2.78 bits per heavy atom. The maximum Gasteiger partial charge on any atom is 0.259 e. The van der Waals surface area contributed by atoms with Crippen LogP contribution in [0.3, 0.4) is 0 Å². The molecule has 184 valence electrons. The minimum absolute atomic E-state index is 0.142. The van der Waals surface area contributed by atoms with Crippen LogP contribution in [0.5, 0.6) is 0 Å². The summed E-state index contributed by atoms with van der Waals surface area (Å²) in [5, 5.41) is 11.0. The molecule has 3 aromatic heterocycles. The molecule has 3 aliphatic rings. The van der Waals surface area contributed by atoms with E-state index in [0.29, 0.717) is 23.1 Å². The van der Waals surface area contributed by atoms with Crippen LogP contribution < -0.4 is 10.2 Å². The van der Waals surface area contributed by atoms with Gasteiger partial charge in [-0.05, 0) is 37.6 Å². The predicted molar refractivity (Wildman–Crippen MR) is 125 cm³/mol. The first kappa shape index (κ1) is 21.4. The third-order valence-electron chi connectivity index (χ3n) is 7.31. The van der Waals surface area contributed by atoms with Crippen LogP contribution in [0.2, 0.25) is 0 Å². The van der Waals surface area contributed by atoms with Crippen molar-refractivity contribution in [3.8, 4) is 11.4 Å². The molecule has 1 aromatic carbocycles. The number of fused-ring (bicyclic) bond motifs is 1. The fourth-order valence-corrected chi connectivity index (χ4v) is 4.91. The van der Waals surface area contributed by atoms with Gasteiger partial charge in [0.25, 0.3) is 5.91 Å². The summed E-state index contributed by atoms with van der Waals surface area (Å²) in [7, 11) is 0. The zero-order valence-electron chi connectivity index (χ0n) is 19.4. The number of benzene rings is 1. The molecule has 9 nitrogen and oxygen atoms in total. The molecule has 7 rings (SSSR count). The molecule has 2 saturated heterocycles. The number of nitrogens with one attached hydrogen (secondary N) is 1. The van der Waals surface area contributed by atoms with Gasteiger partial charge in [0.1, 0.15) is 12.0 Å². The zero-order chi connectivity index (χ0) is 24.6. The van der Waals surface area contributed by atoms with Crippen LogP contribution in [-0.2, 0) is 4.74 Å². The van der Waals surface area contributed by atoms with Gasteiger partial charge < -0.3 is 19.5 Å². The summed E-state index contributed by atoms with van der Waals surface area (Å²) < 4.78 is 40.2. The van der Waals surface area contributed by atoms with Gasteiger partial charge in [0.15, 0.2) is 0 Å². The van der Waals surface area contributed by atoms with E-state index in [4.69, 9.17) is 9.26 Å². The van der Waals surface area contributed by atoms with E-state index in [-0.39, 0.29) is 28.4 Å². The van der Waals surface area contributed by atoms with Crippen LogP contribution in [-0.4, -0.2) is 58.1 Å². The van der Waals surface area contributed by atoms with E-state index in [9.17, 15) is 13.6 Å². The molecule has 2 aliphatic heterocycles. The normalized spacial score (nSPS) is 21.9. The Balaban J connectivity index is 1.15. The summed E-state index contributed by atoms with van der Waals surface area (Å²) in [5.41, 5.74) is 3.18. The van der Waals surface area contributed by atoms with Crippen molar-refractivity contribution in [2.24, 2.45) is 5.41 Å². The maximum absolute atomic E-state index is 14.8. The first-order valence-electron chi connectivity index (χ1n) is 11.8. The standard InChI is InChI=1S/C25H22F2N6O3/c1-13-18(26)4-14(22-30-24(36-31-22)16-7-19(16)27)5-20(13)29-23(34)17-8-28-33-3-2-15(6-21(17)33)32-9-25(10-32)11-35-12-25/h2-6,8,16,19H,7,9-12H2,1H3,(H,29,34)/t16-,19-/m0/s1. The average molecular weight is 492 g/mol. The van der Waals surface area contributed by atoms with Crippen molar-refractivity contribution < 1.29 is 22.8 Å². The van der Waals surface area contributed by atoms with Crippen LogP contribution >= 0.6 is 0 Å². The Hall–Kier alpha value is -3.86. The molecule has 1 N–H and O–H groups in total. The number of amides is 1. The number of carbonyl (C=O) groups is 1. The molecule has 1 spiro atoms. The Bertz CT molecular complexity index is 1520. The van der Waals surface area contributed by atoms with Crippen molar-refractivity contribution in [1.82, 2.24) is 19.8 Å². The highest BCUT2D eigenvalue weighted by atomic mass is 19.1. The fraction of sp³-hybridized carbons (Fsp3) is 0.360. The molecule has 36 heavy (non-hydrogen) atoms. The number of ether oxygens (including phenoxy) is 1. The van der Waals surface area contributed by atoms with Crippen molar-refractivity contribution in [2.45, 2.75) is 25.4 Å². The quantitative estimate of drug-likeness (QED) is 0.453. The zero-order valence-corrected chi connectivity index (χ0v) is 19.4. The summed E-state index contributed by atoms with van der Waals surface area (Å²) in [4.78, 5) is 19.7. The van der Waals surface area contributed by atoms with E-state index < -0.39 is 23.8 Å². The molecule has 3 fully saturated rings. The van der Waals surface area contributed by atoms with Crippen LogP contribution in [0.15, 0.2) is 41.2 Å². The molecule has 11 heteroatoms. The third-order valence-corrected chi connectivity index (χ3v) is 7.31. The summed E-state index contributed by atoms with van der Waals surface area (Å²) in [6.45, 7) is 5.02. The Morgan fingerprint density at radius 2 is 2.06 bits per heavy atom. The number of rotatable bonds is 5. The van der Waals surface area contributed by atoms with E-state index in [0.717, 1.165) is 32.0 Å². The molecule has 5 heterocycles. The lowest BCUT2D eigenvalue weighted by Gasteiger charge is -2.56. The number of pyridine rings is 1. The second kappa shape index (κ2) is 7.57.